The Labute approximate surface area is 123 Å². The highest BCUT2D eigenvalue weighted by atomic mass is 16.5. The molecular weight excluding hydrogens is 246 g/mol. The first-order valence-corrected chi connectivity index (χ1v) is 7.76. The Morgan fingerprint density at radius 3 is 2.05 bits per heavy atom. The lowest BCUT2D eigenvalue weighted by Crippen LogP contribution is -2.21. The largest absolute Gasteiger partial charge is 0.494 e. The van der Waals surface area contributed by atoms with Crippen molar-refractivity contribution in [3.63, 3.8) is 0 Å². The van der Waals surface area contributed by atoms with Gasteiger partial charge in [0.15, 0.2) is 0 Å². The van der Waals surface area contributed by atoms with Crippen LogP contribution in [-0.4, -0.2) is 13.7 Å². The fourth-order valence-corrected chi connectivity index (χ4v) is 3.60. The van der Waals surface area contributed by atoms with Crippen LogP contribution in [-0.2, 0) is 0 Å². The van der Waals surface area contributed by atoms with Gasteiger partial charge in [-0.15, -0.1) is 0 Å². The third-order valence-corrected chi connectivity index (χ3v) is 5.49. The number of hydrogen-bond acceptors (Lipinski definition) is 2. The average molecular weight is 275 g/mol. The van der Waals surface area contributed by atoms with E-state index in [4.69, 9.17) is 4.74 Å². The molecule has 0 bridgehead atoms. The summed E-state index contributed by atoms with van der Waals surface area (Å²) in [6.07, 6.45) is 1.05. The zero-order valence-electron chi connectivity index (χ0n) is 13.8. The van der Waals surface area contributed by atoms with Gasteiger partial charge in [-0.1, -0.05) is 46.8 Å². The summed E-state index contributed by atoms with van der Waals surface area (Å²) in [7, 11) is 2.07. The minimum atomic E-state index is 0.387. The van der Waals surface area contributed by atoms with Crippen molar-refractivity contribution in [2.45, 2.75) is 47.1 Å². The standard InChI is InChI=1S/C18H29NO/c1-7-12-20-14-10-8-13(9-11-14)15(19-6)16-17(2,3)18(16,4)5/h8-11,15-16,19H,7,12H2,1-6H3. The molecule has 2 rings (SSSR count). The lowest BCUT2D eigenvalue weighted by atomic mass is 9.96. The van der Waals surface area contributed by atoms with Gasteiger partial charge < -0.3 is 10.1 Å². The van der Waals surface area contributed by atoms with Crippen LogP contribution in [0.15, 0.2) is 24.3 Å². The highest BCUT2D eigenvalue weighted by Gasteiger charge is 2.67. The Hall–Kier alpha value is -1.02. The van der Waals surface area contributed by atoms with E-state index < -0.39 is 0 Å². The fraction of sp³-hybridized carbons (Fsp3) is 0.667. The zero-order valence-corrected chi connectivity index (χ0v) is 13.8. The van der Waals surface area contributed by atoms with Crippen molar-refractivity contribution in [2.24, 2.45) is 16.7 Å². The summed E-state index contributed by atoms with van der Waals surface area (Å²) in [6, 6.07) is 9.02. The van der Waals surface area contributed by atoms with E-state index in [2.05, 4.69) is 71.2 Å². The predicted octanol–water partition coefficient (Wildman–Crippen LogP) is 4.42. The van der Waals surface area contributed by atoms with Crippen molar-refractivity contribution < 1.29 is 4.74 Å². The molecule has 112 valence electrons. The first kappa shape index (κ1) is 15.4. The Bertz CT molecular complexity index is 433. The van der Waals surface area contributed by atoms with Crippen LogP contribution in [0.2, 0.25) is 0 Å². The smallest absolute Gasteiger partial charge is 0.119 e. The molecule has 1 aromatic carbocycles. The first-order chi connectivity index (χ1) is 9.36. The van der Waals surface area contributed by atoms with Gasteiger partial charge in [-0.2, -0.15) is 0 Å². The van der Waals surface area contributed by atoms with Crippen molar-refractivity contribution in [1.82, 2.24) is 5.32 Å². The van der Waals surface area contributed by atoms with E-state index in [0.717, 1.165) is 18.8 Å². The van der Waals surface area contributed by atoms with Gasteiger partial charge in [0.05, 0.1) is 6.61 Å². The van der Waals surface area contributed by atoms with E-state index in [1.165, 1.54) is 5.56 Å². The van der Waals surface area contributed by atoms with Gasteiger partial charge in [0.2, 0.25) is 0 Å². The Kier molecular flexibility index (Phi) is 4.15. The highest BCUT2D eigenvalue weighted by molar-refractivity contribution is 5.32. The molecule has 0 heterocycles. The van der Waals surface area contributed by atoms with Crippen LogP contribution in [0.1, 0.15) is 52.6 Å². The number of ether oxygens (including phenoxy) is 1. The molecule has 1 unspecified atom stereocenters. The third kappa shape index (κ3) is 2.46. The molecule has 0 saturated heterocycles. The average Bonchev–Trinajstić information content (AvgIpc) is 2.81. The first-order valence-electron chi connectivity index (χ1n) is 7.76. The van der Waals surface area contributed by atoms with E-state index in [0.29, 0.717) is 22.8 Å². The Morgan fingerprint density at radius 1 is 1.10 bits per heavy atom. The molecule has 1 saturated carbocycles. The second-order valence-electron chi connectivity index (χ2n) is 7.10. The molecule has 1 atom stereocenters. The summed E-state index contributed by atoms with van der Waals surface area (Å²) in [5, 5.41) is 3.51. The molecule has 20 heavy (non-hydrogen) atoms. The summed E-state index contributed by atoms with van der Waals surface area (Å²) in [4.78, 5) is 0. The molecule has 1 aromatic rings. The maximum atomic E-state index is 5.66. The molecule has 0 aromatic heterocycles. The monoisotopic (exact) mass is 275 g/mol. The molecule has 0 spiro atoms. The SMILES string of the molecule is CCCOc1ccc(C(NC)C2C(C)(C)C2(C)C)cc1. The molecule has 0 aliphatic heterocycles. The number of nitrogens with one attached hydrogen (secondary N) is 1. The van der Waals surface area contributed by atoms with Crippen LogP contribution < -0.4 is 10.1 Å². The van der Waals surface area contributed by atoms with Crippen molar-refractivity contribution in [3.05, 3.63) is 29.8 Å². The lowest BCUT2D eigenvalue weighted by Gasteiger charge is -2.19. The van der Waals surface area contributed by atoms with Crippen molar-refractivity contribution in [3.8, 4) is 5.75 Å². The maximum Gasteiger partial charge on any atom is 0.119 e. The van der Waals surface area contributed by atoms with Crippen molar-refractivity contribution >= 4 is 0 Å². The molecule has 1 aliphatic rings. The summed E-state index contributed by atoms with van der Waals surface area (Å²) in [5.74, 6) is 1.64. The third-order valence-electron chi connectivity index (χ3n) is 5.49. The van der Waals surface area contributed by atoms with Gasteiger partial charge in [-0.25, -0.2) is 0 Å². The van der Waals surface area contributed by atoms with Crippen molar-refractivity contribution in [1.29, 1.82) is 0 Å². The molecule has 0 amide bonds. The zero-order chi connectivity index (χ0) is 15.0. The molecule has 1 fully saturated rings. The summed E-state index contributed by atoms with van der Waals surface area (Å²) >= 11 is 0. The molecular formula is C18H29NO. The fourth-order valence-electron chi connectivity index (χ4n) is 3.60. The van der Waals surface area contributed by atoms with Gasteiger partial charge in [-0.3, -0.25) is 0 Å². The topological polar surface area (TPSA) is 21.3 Å². The molecule has 2 nitrogen and oxygen atoms in total. The molecule has 0 radical (unpaired) electrons. The van der Waals surface area contributed by atoms with Crippen LogP contribution in [0.5, 0.6) is 5.75 Å². The minimum Gasteiger partial charge on any atom is -0.494 e. The van der Waals surface area contributed by atoms with E-state index in [9.17, 15) is 0 Å². The van der Waals surface area contributed by atoms with E-state index >= 15 is 0 Å². The van der Waals surface area contributed by atoms with Gasteiger partial charge >= 0.3 is 0 Å². The summed E-state index contributed by atoms with van der Waals surface area (Å²) in [6.45, 7) is 12.4. The van der Waals surface area contributed by atoms with Crippen LogP contribution in [0.4, 0.5) is 0 Å². The highest BCUT2D eigenvalue weighted by Crippen LogP contribution is 2.72. The lowest BCUT2D eigenvalue weighted by molar-refractivity contribution is 0.317. The normalized spacial score (nSPS) is 21.5. The van der Waals surface area contributed by atoms with Gasteiger partial charge in [0, 0.05) is 6.04 Å². The number of hydrogen-bond donors (Lipinski definition) is 1. The summed E-state index contributed by atoms with van der Waals surface area (Å²) in [5.41, 5.74) is 2.14. The maximum absolute atomic E-state index is 5.66. The van der Waals surface area contributed by atoms with Crippen LogP contribution in [0.3, 0.4) is 0 Å². The van der Waals surface area contributed by atoms with Gasteiger partial charge in [0.1, 0.15) is 5.75 Å². The van der Waals surface area contributed by atoms with Crippen LogP contribution >= 0.6 is 0 Å². The van der Waals surface area contributed by atoms with Crippen LogP contribution in [0.25, 0.3) is 0 Å². The second-order valence-corrected chi connectivity index (χ2v) is 7.10. The minimum absolute atomic E-state index is 0.387. The summed E-state index contributed by atoms with van der Waals surface area (Å²) < 4.78 is 5.66. The van der Waals surface area contributed by atoms with Crippen molar-refractivity contribution in [2.75, 3.05) is 13.7 Å². The van der Waals surface area contributed by atoms with E-state index in [1.807, 2.05) is 0 Å². The van der Waals surface area contributed by atoms with Gasteiger partial charge in [-0.05, 0) is 47.9 Å². The van der Waals surface area contributed by atoms with E-state index in [-0.39, 0.29) is 0 Å². The predicted molar refractivity (Wildman–Crippen MR) is 85.1 cm³/mol. The second kappa shape index (κ2) is 5.40. The quantitative estimate of drug-likeness (QED) is 0.830. The van der Waals surface area contributed by atoms with Crippen LogP contribution in [0, 0.1) is 16.7 Å². The Balaban J connectivity index is 2.13. The molecule has 2 heteroatoms. The Morgan fingerprint density at radius 2 is 1.65 bits per heavy atom. The van der Waals surface area contributed by atoms with E-state index in [1.54, 1.807) is 0 Å². The van der Waals surface area contributed by atoms with Gasteiger partial charge in [0.25, 0.3) is 0 Å². The number of rotatable bonds is 6. The number of benzene rings is 1. The molecule has 1 N–H and O–H groups in total. The molecule has 1 aliphatic carbocycles.